The van der Waals surface area contributed by atoms with Gasteiger partial charge in [0.15, 0.2) is 0 Å². The Hall–Kier alpha value is -3.14. The number of carbonyl (C=O) groups is 3. The van der Waals surface area contributed by atoms with Gasteiger partial charge in [0.25, 0.3) is 0 Å². The molecule has 0 aliphatic heterocycles. The van der Waals surface area contributed by atoms with Gasteiger partial charge in [0.2, 0.25) is 17.7 Å². The number of nitrogens with zero attached hydrogens (tertiary/aromatic N) is 2. The van der Waals surface area contributed by atoms with Crippen molar-refractivity contribution >= 4 is 17.7 Å². The number of hydrogen-bond acceptors (Lipinski definition) is 6. The SMILES string of the molecule is C#CC[C@H](NC(=O)C(CC(=O)N(C)CCN(C)CC(F)(F)F)Cc1ccccc1)C(=O)NC(CC1CCCCC1)[C@@H](O)C(O)C1CC1. The summed E-state index contributed by atoms with van der Waals surface area (Å²) in [5.74, 6) is 0.259. The third-order valence-corrected chi connectivity index (χ3v) is 9.27. The van der Waals surface area contributed by atoms with Gasteiger partial charge in [-0.05, 0) is 50.1 Å². The van der Waals surface area contributed by atoms with Crippen LogP contribution in [0.5, 0.6) is 0 Å². The molecule has 0 aromatic heterocycles. The van der Waals surface area contributed by atoms with Crippen LogP contribution in [0.4, 0.5) is 13.2 Å². The van der Waals surface area contributed by atoms with Gasteiger partial charge in [-0.2, -0.15) is 13.2 Å². The van der Waals surface area contributed by atoms with Gasteiger partial charge in [-0.15, -0.1) is 12.3 Å². The second-order valence-electron chi connectivity index (χ2n) is 13.4. The van der Waals surface area contributed by atoms with Crippen LogP contribution in [0.25, 0.3) is 0 Å². The highest BCUT2D eigenvalue weighted by atomic mass is 19.4. The summed E-state index contributed by atoms with van der Waals surface area (Å²) in [7, 11) is 2.79. The molecule has 262 valence electrons. The molecule has 0 bridgehead atoms. The van der Waals surface area contributed by atoms with Crippen LogP contribution in [0.3, 0.4) is 0 Å². The lowest BCUT2D eigenvalue weighted by molar-refractivity contribution is -0.144. The van der Waals surface area contributed by atoms with Crippen molar-refractivity contribution in [1.82, 2.24) is 20.4 Å². The van der Waals surface area contributed by atoms with Crippen molar-refractivity contribution in [1.29, 1.82) is 0 Å². The van der Waals surface area contributed by atoms with Crippen molar-refractivity contribution in [3.63, 3.8) is 0 Å². The fraction of sp³-hybridized carbons (Fsp3) is 0.686. The first-order valence-corrected chi connectivity index (χ1v) is 16.7. The molecule has 47 heavy (non-hydrogen) atoms. The Kier molecular flexibility index (Phi) is 15.0. The van der Waals surface area contributed by atoms with E-state index in [9.17, 15) is 37.8 Å². The van der Waals surface area contributed by atoms with Crippen LogP contribution < -0.4 is 10.6 Å². The summed E-state index contributed by atoms with van der Waals surface area (Å²) in [5, 5.41) is 27.4. The first-order chi connectivity index (χ1) is 22.3. The molecule has 3 rings (SSSR count). The maximum Gasteiger partial charge on any atom is 0.401 e. The summed E-state index contributed by atoms with van der Waals surface area (Å²) >= 11 is 0. The minimum absolute atomic E-state index is 0.00332. The molecule has 2 aliphatic rings. The maximum atomic E-state index is 13.7. The van der Waals surface area contributed by atoms with Gasteiger partial charge in [-0.3, -0.25) is 19.3 Å². The van der Waals surface area contributed by atoms with Crippen LogP contribution in [0.2, 0.25) is 0 Å². The molecular formula is C35H51F3N4O5. The Labute approximate surface area is 276 Å². The third kappa shape index (κ3) is 13.5. The van der Waals surface area contributed by atoms with E-state index < -0.39 is 60.7 Å². The molecule has 5 atom stereocenters. The molecule has 4 N–H and O–H groups in total. The number of rotatable bonds is 18. The van der Waals surface area contributed by atoms with Gasteiger partial charge in [0.05, 0.1) is 24.6 Å². The number of halogens is 3. The minimum Gasteiger partial charge on any atom is -0.390 e. The van der Waals surface area contributed by atoms with E-state index in [4.69, 9.17) is 6.42 Å². The summed E-state index contributed by atoms with van der Waals surface area (Å²) in [6.45, 7) is -1.08. The Balaban J connectivity index is 1.70. The first kappa shape index (κ1) is 38.3. The minimum atomic E-state index is -4.36. The lowest BCUT2D eigenvalue weighted by Gasteiger charge is -2.33. The fourth-order valence-electron chi connectivity index (χ4n) is 6.27. The molecular weight excluding hydrogens is 613 g/mol. The van der Waals surface area contributed by atoms with Gasteiger partial charge in [-0.25, -0.2) is 0 Å². The zero-order valence-electron chi connectivity index (χ0n) is 27.6. The summed E-state index contributed by atoms with van der Waals surface area (Å²) in [5.41, 5.74) is 0.788. The normalized spacial score (nSPS) is 18.8. The number of aliphatic hydroxyl groups is 2. The van der Waals surface area contributed by atoms with Crippen molar-refractivity contribution in [2.75, 3.05) is 33.7 Å². The van der Waals surface area contributed by atoms with Crippen LogP contribution in [-0.2, 0) is 20.8 Å². The highest BCUT2D eigenvalue weighted by Gasteiger charge is 2.40. The topological polar surface area (TPSA) is 122 Å². The highest BCUT2D eigenvalue weighted by molar-refractivity contribution is 5.91. The molecule has 2 aliphatic carbocycles. The second-order valence-corrected chi connectivity index (χ2v) is 13.4. The van der Waals surface area contributed by atoms with Crippen LogP contribution in [-0.4, -0.2) is 102 Å². The summed E-state index contributed by atoms with van der Waals surface area (Å²) < 4.78 is 38.2. The second kappa shape index (κ2) is 18.4. The number of carbonyl (C=O) groups excluding carboxylic acids is 3. The van der Waals surface area contributed by atoms with Crippen molar-refractivity contribution in [2.24, 2.45) is 17.8 Å². The fourth-order valence-corrected chi connectivity index (χ4v) is 6.27. The molecule has 2 saturated carbocycles. The zero-order valence-corrected chi connectivity index (χ0v) is 27.6. The molecule has 0 spiro atoms. The molecule has 12 heteroatoms. The van der Waals surface area contributed by atoms with E-state index in [1.54, 1.807) is 12.1 Å². The van der Waals surface area contributed by atoms with Crippen LogP contribution in [0.15, 0.2) is 30.3 Å². The number of terminal acetylenes is 1. The van der Waals surface area contributed by atoms with E-state index in [1.807, 2.05) is 18.2 Å². The number of nitrogens with one attached hydrogen (secondary N) is 2. The lowest BCUT2D eigenvalue weighted by atomic mass is 9.82. The first-order valence-electron chi connectivity index (χ1n) is 16.7. The molecule has 3 unspecified atom stereocenters. The van der Waals surface area contributed by atoms with Crippen LogP contribution in [0.1, 0.15) is 69.8 Å². The van der Waals surface area contributed by atoms with Gasteiger partial charge < -0.3 is 25.7 Å². The number of likely N-dealkylation sites (N-methyl/N-ethyl adjacent to an activating group) is 2. The van der Waals surface area contributed by atoms with Crippen molar-refractivity contribution in [3.8, 4) is 12.3 Å². The molecule has 9 nitrogen and oxygen atoms in total. The van der Waals surface area contributed by atoms with E-state index >= 15 is 0 Å². The van der Waals surface area contributed by atoms with Gasteiger partial charge in [0.1, 0.15) is 12.1 Å². The molecule has 0 heterocycles. The van der Waals surface area contributed by atoms with Crippen LogP contribution in [0, 0.1) is 30.1 Å². The Bertz CT molecular complexity index is 1180. The molecule has 3 amide bonds. The van der Waals surface area contributed by atoms with Crippen LogP contribution >= 0.6 is 0 Å². The molecule has 1 aromatic rings. The summed E-state index contributed by atoms with van der Waals surface area (Å²) in [6, 6.07) is 7.19. The molecule has 2 fully saturated rings. The summed E-state index contributed by atoms with van der Waals surface area (Å²) in [6.07, 6.45) is 6.31. The summed E-state index contributed by atoms with van der Waals surface area (Å²) in [4.78, 5) is 42.9. The van der Waals surface area contributed by atoms with Gasteiger partial charge in [-0.1, -0.05) is 62.4 Å². The number of aliphatic hydroxyl groups excluding tert-OH is 2. The van der Waals surface area contributed by atoms with E-state index in [0.29, 0.717) is 12.3 Å². The number of amides is 3. The highest BCUT2D eigenvalue weighted by Crippen LogP contribution is 2.36. The average Bonchev–Trinajstić information content (AvgIpc) is 3.88. The quantitative estimate of drug-likeness (QED) is 0.179. The maximum absolute atomic E-state index is 13.7. The number of alkyl halides is 3. The Morgan fingerprint density at radius 1 is 0.979 bits per heavy atom. The zero-order chi connectivity index (χ0) is 34.6. The average molecular weight is 665 g/mol. The number of benzene rings is 1. The van der Waals surface area contributed by atoms with E-state index in [2.05, 4.69) is 16.6 Å². The number of hydrogen-bond donors (Lipinski definition) is 4. The van der Waals surface area contributed by atoms with E-state index in [0.717, 1.165) is 55.4 Å². The monoisotopic (exact) mass is 664 g/mol. The van der Waals surface area contributed by atoms with E-state index in [-0.39, 0.29) is 38.3 Å². The third-order valence-electron chi connectivity index (χ3n) is 9.27. The standard InChI is InChI=1S/C35H51F3N4O5/c1-4-11-28(34(47)40-29(21-25-14-9-6-10-15-25)32(45)31(44)26-16-17-26)39-33(46)27(20-24-12-7-5-8-13-24)22-30(43)42(3)19-18-41(2)23-35(36,37)38/h1,5,7-8,12-13,25-29,31-32,44-45H,6,9-11,14-23H2,2-3H3,(H,39,46)(H,40,47)/t27?,28-,29?,31?,32+/m0/s1. The van der Waals surface area contributed by atoms with Gasteiger partial charge in [0, 0.05) is 33.0 Å². The Morgan fingerprint density at radius 3 is 2.23 bits per heavy atom. The molecule has 1 aromatic carbocycles. The predicted octanol–water partition coefficient (Wildman–Crippen LogP) is 3.28. The molecule has 0 saturated heterocycles. The van der Waals surface area contributed by atoms with Crippen molar-refractivity contribution in [3.05, 3.63) is 35.9 Å². The lowest BCUT2D eigenvalue weighted by Crippen LogP contribution is -2.56. The molecule has 0 radical (unpaired) electrons. The smallest absolute Gasteiger partial charge is 0.390 e. The predicted molar refractivity (Wildman–Crippen MR) is 173 cm³/mol. The Morgan fingerprint density at radius 2 is 1.64 bits per heavy atom. The van der Waals surface area contributed by atoms with E-state index in [1.165, 1.54) is 19.0 Å². The van der Waals surface area contributed by atoms with Crippen molar-refractivity contribution in [2.45, 2.75) is 101 Å². The van der Waals surface area contributed by atoms with Gasteiger partial charge >= 0.3 is 6.18 Å². The van der Waals surface area contributed by atoms with Crippen molar-refractivity contribution < 1.29 is 37.8 Å². The largest absolute Gasteiger partial charge is 0.401 e.